The van der Waals surface area contributed by atoms with E-state index in [1.165, 1.54) is 0 Å². The number of aromatic nitrogens is 1. The number of hydrogen-bond acceptors (Lipinski definition) is 2. The van der Waals surface area contributed by atoms with Crippen molar-refractivity contribution in [1.29, 1.82) is 0 Å². The molecule has 0 saturated carbocycles. The number of hydrogen-bond donors (Lipinski definition) is 0. The Labute approximate surface area is 64.6 Å². The van der Waals surface area contributed by atoms with Crippen molar-refractivity contribution in [2.24, 2.45) is 0 Å². The predicted molar refractivity (Wildman–Crippen MR) is 39.5 cm³/mol. The largest absolute Gasteiger partial charge is 0.459 e. The number of fused-ring (bicyclic) bond motifs is 1. The maximum atomic E-state index is 11.1. The van der Waals surface area contributed by atoms with Crippen molar-refractivity contribution in [3.05, 3.63) is 23.5 Å². The molecule has 1 aromatic rings. The number of nitrogens with zero attached hydrogens (tertiary/aromatic N) is 1. The molecule has 2 heterocycles. The van der Waals surface area contributed by atoms with Gasteiger partial charge in [-0.2, -0.15) is 0 Å². The van der Waals surface area contributed by atoms with E-state index in [1.54, 1.807) is 6.07 Å². The van der Waals surface area contributed by atoms with Gasteiger partial charge in [0.25, 0.3) is 0 Å². The second-order valence-electron chi connectivity index (χ2n) is 2.65. The summed E-state index contributed by atoms with van der Waals surface area (Å²) < 4.78 is 6.84. The number of ether oxygens (including phenoxy) is 1. The molecular formula is C8H9NO2. The molecule has 0 unspecified atom stereocenters. The first-order valence-electron chi connectivity index (χ1n) is 3.62. The van der Waals surface area contributed by atoms with E-state index in [0.29, 0.717) is 12.3 Å². The van der Waals surface area contributed by atoms with Crippen molar-refractivity contribution in [3.8, 4) is 0 Å². The van der Waals surface area contributed by atoms with Gasteiger partial charge in [-0.05, 0) is 19.1 Å². The summed E-state index contributed by atoms with van der Waals surface area (Å²) in [6.45, 7) is 3.28. The number of esters is 1. The van der Waals surface area contributed by atoms with E-state index < -0.39 is 0 Å². The van der Waals surface area contributed by atoms with Gasteiger partial charge in [-0.3, -0.25) is 0 Å². The van der Waals surface area contributed by atoms with Crippen LogP contribution in [-0.4, -0.2) is 17.1 Å². The lowest BCUT2D eigenvalue weighted by atomic mass is 10.4. The van der Waals surface area contributed by atoms with E-state index >= 15 is 0 Å². The van der Waals surface area contributed by atoms with Gasteiger partial charge in [0, 0.05) is 5.69 Å². The number of aryl methyl sites for hydroxylation is 1. The normalized spacial score (nSPS) is 15.9. The Morgan fingerprint density at radius 2 is 2.36 bits per heavy atom. The Morgan fingerprint density at radius 1 is 1.55 bits per heavy atom. The fourth-order valence-electron chi connectivity index (χ4n) is 1.35. The van der Waals surface area contributed by atoms with Crippen LogP contribution in [0.3, 0.4) is 0 Å². The molecule has 0 N–H and O–H groups in total. The second kappa shape index (κ2) is 2.12. The lowest BCUT2D eigenvalue weighted by Crippen LogP contribution is -2.22. The van der Waals surface area contributed by atoms with Crippen LogP contribution >= 0.6 is 0 Å². The van der Waals surface area contributed by atoms with E-state index in [4.69, 9.17) is 4.74 Å². The topological polar surface area (TPSA) is 31.2 Å². The van der Waals surface area contributed by atoms with Crippen molar-refractivity contribution in [3.63, 3.8) is 0 Å². The standard InChI is InChI=1S/C8H9NO2/c1-6-2-3-7-8(10)11-5-4-9(6)7/h2-3H,4-5H2,1H3. The number of cyclic esters (lactones) is 1. The zero-order valence-corrected chi connectivity index (χ0v) is 6.33. The molecule has 0 bridgehead atoms. The Hall–Kier alpha value is -1.25. The molecule has 0 saturated heterocycles. The van der Waals surface area contributed by atoms with Gasteiger partial charge >= 0.3 is 5.97 Å². The van der Waals surface area contributed by atoms with Crippen LogP contribution in [0.4, 0.5) is 0 Å². The SMILES string of the molecule is Cc1ccc2n1CCOC2=O. The van der Waals surface area contributed by atoms with Crippen LogP contribution in [-0.2, 0) is 11.3 Å². The second-order valence-corrected chi connectivity index (χ2v) is 2.65. The monoisotopic (exact) mass is 151 g/mol. The first-order chi connectivity index (χ1) is 5.29. The highest BCUT2D eigenvalue weighted by Crippen LogP contribution is 2.13. The Balaban J connectivity index is 2.55. The summed E-state index contributed by atoms with van der Waals surface area (Å²) in [4.78, 5) is 11.1. The molecule has 0 spiro atoms. The molecule has 0 fully saturated rings. The third-order valence-electron chi connectivity index (χ3n) is 1.96. The summed E-state index contributed by atoms with van der Waals surface area (Å²) in [5.74, 6) is -0.204. The van der Waals surface area contributed by atoms with E-state index in [-0.39, 0.29) is 5.97 Å². The van der Waals surface area contributed by atoms with Crippen LogP contribution < -0.4 is 0 Å². The van der Waals surface area contributed by atoms with Gasteiger partial charge in [0.1, 0.15) is 12.3 Å². The van der Waals surface area contributed by atoms with Gasteiger partial charge in [-0.1, -0.05) is 0 Å². The third kappa shape index (κ3) is 0.843. The molecule has 11 heavy (non-hydrogen) atoms. The van der Waals surface area contributed by atoms with Crippen LogP contribution in [0, 0.1) is 6.92 Å². The minimum atomic E-state index is -0.204. The van der Waals surface area contributed by atoms with Crippen LogP contribution in [0.2, 0.25) is 0 Å². The van der Waals surface area contributed by atoms with Crippen LogP contribution in [0.25, 0.3) is 0 Å². The number of carbonyl (C=O) groups excluding carboxylic acids is 1. The Morgan fingerprint density at radius 3 is 3.09 bits per heavy atom. The van der Waals surface area contributed by atoms with E-state index in [1.807, 2.05) is 17.6 Å². The quantitative estimate of drug-likeness (QED) is 0.517. The van der Waals surface area contributed by atoms with Gasteiger partial charge in [0.2, 0.25) is 0 Å². The number of rotatable bonds is 0. The number of carbonyl (C=O) groups is 1. The smallest absolute Gasteiger partial charge is 0.355 e. The van der Waals surface area contributed by atoms with Crippen molar-refractivity contribution < 1.29 is 9.53 Å². The molecule has 0 aromatic carbocycles. The third-order valence-corrected chi connectivity index (χ3v) is 1.96. The predicted octanol–water partition coefficient (Wildman–Crippen LogP) is 0.967. The maximum absolute atomic E-state index is 11.1. The fourth-order valence-corrected chi connectivity index (χ4v) is 1.35. The van der Waals surface area contributed by atoms with Gasteiger partial charge in [-0.15, -0.1) is 0 Å². The van der Waals surface area contributed by atoms with Gasteiger partial charge in [0.05, 0.1) is 6.54 Å². The Bertz CT molecular complexity index is 301. The van der Waals surface area contributed by atoms with E-state index in [2.05, 4.69) is 0 Å². The molecule has 0 amide bonds. The van der Waals surface area contributed by atoms with Crippen LogP contribution in [0.15, 0.2) is 12.1 Å². The van der Waals surface area contributed by atoms with Crippen LogP contribution in [0.5, 0.6) is 0 Å². The summed E-state index contributed by atoms with van der Waals surface area (Å²) in [6.07, 6.45) is 0. The molecule has 1 aliphatic heterocycles. The molecule has 3 heteroatoms. The zero-order chi connectivity index (χ0) is 7.84. The fraction of sp³-hybridized carbons (Fsp3) is 0.375. The summed E-state index contributed by atoms with van der Waals surface area (Å²) in [7, 11) is 0. The molecule has 58 valence electrons. The summed E-state index contributed by atoms with van der Waals surface area (Å²) in [6, 6.07) is 3.73. The first-order valence-corrected chi connectivity index (χ1v) is 3.62. The molecule has 1 aromatic heterocycles. The minimum absolute atomic E-state index is 0.204. The molecule has 1 aliphatic rings. The molecule has 2 rings (SSSR count). The summed E-state index contributed by atoms with van der Waals surface area (Å²) in [5.41, 5.74) is 1.80. The molecule has 0 atom stereocenters. The average molecular weight is 151 g/mol. The lowest BCUT2D eigenvalue weighted by molar-refractivity contribution is 0.0421. The molecule has 3 nitrogen and oxygen atoms in total. The van der Waals surface area contributed by atoms with Gasteiger partial charge in [-0.25, -0.2) is 4.79 Å². The minimum Gasteiger partial charge on any atom is -0.459 e. The van der Waals surface area contributed by atoms with Crippen molar-refractivity contribution >= 4 is 5.97 Å². The molecular weight excluding hydrogens is 142 g/mol. The van der Waals surface area contributed by atoms with Gasteiger partial charge < -0.3 is 9.30 Å². The highest BCUT2D eigenvalue weighted by Gasteiger charge is 2.18. The highest BCUT2D eigenvalue weighted by atomic mass is 16.5. The Kier molecular flexibility index (Phi) is 1.24. The van der Waals surface area contributed by atoms with Crippen molar-refractivity contribution in [2.75, 3.05) is 6.61 Å². The maximum Gasteiger partial charge on any atom is 0.355 e. The lowest BCUT2D eigenvalue weighted by Gasteiger charge is -2.16. The van der Waals surface area contributed by atoms with E-state index in [0.717, 1.165) is 12.2 Å². The highest BCUT2D eigenvalue weighted by molar-refractivity contribution is 5.88. The van der Waals surface area contributed by atoms with Gasteiger partial charge in [0.15, 0.2) is 0 Å². The zero-order valence-electron chi connectivity index (χ0n) is 6.33. The molecule has 0 radical (unpaired) electrons. The summed E-state index contributed by atoms with van der Waals surface area (Å²) >= 11 is 0. The van der Waals surface area contributed by atoms with Crippen molar-refractivity contribution in [1.82, 2.24) is 4.57 Å². The van der Waals surface area contributed by atoms with Crippen LogP contribution in [0.1, 0.15) is 16.2 Å². The first kappa shape index (κ1) is 6.46. The molecule has 0 aliphatic carbocycles. The van der Waals surface area contributed by atoms with E-state index in [9.17, 15) is 4.79 Å². The average Bonchev–Trinajstić information content (AvgIpc) is 2.35. The summed E-state index contributed by atoms with van der Waals surface area (Å²) in [5, 5.41) is 0. The van der Waals surface area contributed by atoms with Crippen molar-refractivity contribution in [2.45, 2.75) is 13.5 Å².